The van der Waals surface area contributed by atoms with Gasteiger partial charge < -0.3 is 15.5 Å². The van der Waals surface area contributed by atoms with Crippen LogP contribution >= 0.6 is 38.6 Å². The van der Waals surface area contributed by atoms with Crippen LogP contribution in [0, 0.1) is 12.3 Å². The molecule has 3 aromatic rings. The molecule has 2 N–H and O–H groups in total. The molecule has 0 saturated carbocycles. The number of carbonyl (C=O) groups excluding carboxylic acids is 3. The second kappa shape index (κ2) is 13.0. The first-order valence-electron chi connectivity index (χ1n) is 13.6. The number of thiophene rings is 1. The van der Waals surface area contributed by atoms with Gasteiger partial charge >= 0.3 is 0 Å². The summed E-state index contributed by atoms with van der Waals surface area (Å²) in [5.41, 5.74) is 4.44. The van der Waals surface area contributed by atoms with E-state index in [0.717, 1.165) is 36.8 Å². The molecule has 3 atom stereocenters. The van der Waals surface area contributed by atoms with Crippen molar-refractivity contribution in [2.45, 2.75) is 78.4 Å². The quantitative estimate of drug-likeness (QED) is 0.287. The number of hydrogen-bond acceptors (Lipinski definition) is 6. The molecule has 4 rings (SSSR count). The molecule has 1 saturated heterocycles. The highest BCUT2D eigenvalue weighted by atomic mass is 79.9. The Kier molecular flexibility index (Phi) is 9.85. The van der Waals surface area contributed by atoms with Crippen LogP contribution in [0.2, 0.25) is 0 Å². The van der Waals surface area contributed by atoms with E-state index in [2.05, 4.69) is 43.7 Å². The first-order chi connectivity index (χ1) is 18.9. The topological polar surface area (TPSA) is 91.4 Å². The van der Waals surface area contributed by atoms with Gasteiger partial charge in [-0.25, -0.2) is 4.98 Å². The maximum absolute atomic E-state index is 13.8. The third-order valence-electron chi connectivity index (χ3n) is 7.26. The fourth-order valence-corrected chi connectivity index (χ4v) is 7.26. The number of amides is 3. The van der Waals surface area contributed by atoms with Gasteiger partial charge in [0.1, 0.15) is 12.1 Å². The second-order valence-corrected chi connectivity index (χ2v) is 14.8. The zero-order valence-corrected chi connectivity index (χ0v) is 26.8. The van der Waals surface area contributed by atoms with Gasteiger partial charge in [0.25, 0.3) is 0 Å². The zero-order chi connectivity index (χ0) is 29.0. The Morgan fingerprint density at radius 1 is 1.12 bits per heavy atom. The van der Waals surface area contributed by atoms with E-state index in [4.69, 9.17) is 0 Å². The molecule has 3 amide bonds. The number of hydrogen-bond donors (Lipinski definition) is 2. The van der Waals surface area contributed by atoms with Crippen molar-refractivity contribution in [1.29, 1.82) is 0 Å². The molecule has 0 radical (unpaired) electrons. The van der Waals surface area contributed by atoms with Crippen molar-refractivity contribution in [2.75, 3.05) is 6.54 Å². The minimum absolute atomic E-state index is 0.163. The van der Waals surface area contributed by atoms with E-state index in [1.165, 1.54) is 0 Å². The van der Waals surface area contributed by atoms with Crippen LogP contribution in [0.15, 0.2) is 45.7 Å². The lowest BCUT2D eigenvalue weighted by Gasteiger charge is -2.35. The first-order valence-corrected chi connectivity index (χ1v) is 16.1. The van der Waals surface area contributed by atoms with Gasteiger partial charge in [0.2, 0.25) is 17.7 Å². The van der Waals surface area contributed by atoms with Gasteiger partial charge in [-0.1, -0.05) is 45.0 Å². The van der Waals surface area contributed by atoms with E-state index < -0.39 is 17.5 Å². The monoisotopic (exact) mass is 644 g/mol. The van der Waals surface area contributed by atoms with Crippen LogP contribution in [0.25, 0.3) is 10.4 Å². The standard InChI is InChI=1S/C30H37BrN4O3S2/c1-18(20-8-10-21(11-9-20)26-19(2)32-17-39-26)33-28(37)23-7-6-16-35(23)29(38)27(30(3,4)5)34-25(36)15-13-22-12-14-24(31)40-22/h8-12,14,17-18,23,27H,6-7,13,15-16H2,1-5H3,(H,33,37)(H,34,36)/t18-,23-,27?/m0/s1. The molecule has 40 heavy (non-hydrogen) atoms. The second-order valence-electron chi connectivity index (χ2n) is 11.4. The van der Waals surface area contributed by atoms with Gasteiger partial charge in [0.05, 0.1) is 25.9 Å². The van der Waals surface area contributed by atoms with Crippen molar-refractivity contribution in [2.24, 2.45) is 5.41 Å². The van der Waals surface area contributed by atoms with E-state index in [-0.39, 0.29) is 23.8 Å². The molecule has 214 valence electrons. The summed E-state index contributed by atoms with van der Waals surface area (Å²) in [7, 11) is 0. The van der Waals surface area contributed by atoms with Gasteiger partial charge in [-0.3, -0.25) is 14.4 Å². The van der Waals surface area contributed by atoms with Crippen LogP contribution in [0.5, 0.6) is 0 Å². The summed E-state index contributed by atoms with van der Waals surface area (Å²) in [6.45, 7) is 10.3. The molecule has 1 fully saturated rings. The normalized spacial score (nSPS) is 16.9. The lowest BCUT2D eigenvalue weighted by Crippen LogP contribution is -2.57. The highest BCUT2D eigenvalue weighted by Crippen LogP contribution is 2.30. The summed E-state index contributed by atoms with van der Waals surface area (Å²) in [6.07, 6.45) is 2.27. The van der Waals surface area contributed by atoms with Gasteiger partial charge in [-0.05, 0) is 77.7 Å². The smallest absolute Gasteiger partial charge is 0.246 e. The molecule has 1 aliphatic rings. The third-order valence-corrected chi connectivity index (χ3v) is 9.92. The predicted octanol–water partition coefficient (Wildman–Crippen LogP) is 6.27. The summed E-state index contributed by atoms with van der Waals surface area (Å²) in [4.78, 5) is 48.3. The summed E-state index contributed by atoms with van der Waals surface area (Å²) in [6, 6.07) is 10.6. The first kappa shape index (κ1) is 30.4. The maximum Gasteiger partial charge on any atom is 0.246 e. The Labute approximate surface area is 252 Å². The molecular formula is C30H37BrN4O3S2. The van der Waals surface area contributed by atoms with Crippen LogP contribution in [0.1, 0.15) is 69.1 Å². The summed E-state index contributed by atoms with van der Waals surface area (Å²) in [5.74, 6) is -0.527. The average molecular weight is 646 g/mol. The van der Waals surface area contributed by atoms with E-state index >= 15 is 0 Å². The number of halogens is 1. The fraction of sp³-hybridized carbons (Fsp3) is 0.467. The Morgan fingerprint density at radius 2 is 1.85 bits per heavy atom. The van der Waals surface area contributed by atoms with Crippen LogP contribution < -0.4 is 10.6 Å². The van der Waals surface area contributed by atoms with Crippen molar-refractivity contribution in [3.8, 4) is 10.4 Å². The molecule has 1 aromatic carbocycles. The fourth-order valence-electron chi connectivity index (χ4n) is 4.97. The predicted molar refractivity (Wildman–Crippen MR) is 165 cm³/mol. The highest BCUT2D eigenvalue weighted by molar-refractivity contribution is 9.11. The summed E-state index contributed by atoms with van der Waals surface area (Å²) >= 11 is 6.67. The van der Waals surface area contributed by atoms with Crippen molar-refractivity contribution < 1.29 is 14.4 Å². The van der Waals surface area contributed by atoms with Crippen molar-refractivity contribution in [1.82, 2.24) is 20.5 Å². The number of aryl methyl sites for hydroxylation is 2. The van der Waals surface area contributed by atoms with Gasteiger partial charge in [-0.15, -0.1) is 22.7 Å². The Balaban J connectivity index is 1.38. The number of carbonyl (C=O) groups is 3. The zero-order valence-electron chi connectivity index (χ0n) is 23.6. The molecule has 0 bridgehead atoms. The van der Waals surface area contributed by atoms with Crippen molar-refractivity contribution >= 4 is 56.3 Å². The molecule has 0 spiro atoms. The molecule has 3 heterocycles. The Hall–Kier alpha value is -2.56. The van der Waals surface area contributed by atoms with E-state index in [1.54, 1.807) is 27.6 Å². The largest absolute Gasteiger partial charge is 0.348 e. The number of rotatable bonds is 9. The van der Waals surface area contributed by atoms with Gasteiger partial charge in [-0.2, -0.15) is 0 Å². The molecule has 2 aromatic heterocycles. The maximum atomic E-state index is 13.8. The molecular weight excluding hydrogens is 608 g/mol. The van der Waals surface area contributed by atoms with Gasteiger partial charge in [0, 0.05) is 17.8 Å². The molecule has 10 heteroatoms. The Morgan fingerprint density at radius 3 is 2.45 bits per heavy atom. The highest BCUT2D eigenvalue weighted by Gasteiger charge is 2.42. The van der Waals surface area contributed by atoms with Crippen LogP contribution in [-0.2, 0) is 20.8 Å². The molecule has 1 unspecified atom stereocenters. The summed E-state index contributed by atoms with van der Waals surface area (Å²) < 4.78 is 1.03. The minimum Gasteiger partial charge on any atom is -0.348 e. The number of nitrogens with one attached hydrogen (secondary N) is 2. The lowest BCUT2D eigenvalue weighted by molar-refractivity contribution is -0.144. The molecule has 1 aliphatic heterocycles. The number of likely N-dealkylation sites (tertiary alicyclic amines) is 1. The van der Waals surface area contributed by atoms with Crippen molar-refractivity contribution in [3.63, 3.8) is 0 Å². The van der Waals surface area contributed by atoms with E-state index in [9.17, 15) is 14.4 Å². The lowest BCUT2D eigenvalue weighted by atomic mass is 9.85. The molecule has 0 aliphatic carbocycles. The van der Waals surface area contributed by atoms with Crippen LogP contribution in [-0.4, -0.2) is 46.2 Å². The van der Waals surface area contributed by atoms with Crippen molar-refractivity contribution in [3.05, 3.63) is 61.8 Å². The number of thiazole rings is 1. The van der Waals surface area contributed by atoms with E-state index in [0.29, 0.717) is 25.8 Å². The van der Waals surface area contributed by atoms with E-state index in [1.807, 2.05) is 64.4 Å². The SMILES string of the molecule is Cc1ncsc1-c1ccc([C@H](C)NC(=O)[C@@H]2CCCN2C(=O)C(NC(=O)CCc2ccc(Br)s2)C(C)(C)C)cc1. The van der Waals surface area contributed by atoms with Gasteiger partial charge in [0.15, 0.2) is 0 Å². The van der Waals surface area contributed by atoms with Crippen LogP contribution in [0.4, 0.5) is 0 Å². The minimum atomic E-state index is -0.719. The van der Waals surface area contributed by atoms with Crippen LogP contribution in [0.3, 0.4) is 0 Å². The number of aromatic nitrogens is 1. The third kappa shape index (κ3) is 7.39. The average Bonchev–Trinajstić information content (AvgIpc) is 3.66. The molecule has 7 nitrogen and oxygen atoms in total. The Bertz CT molecular complexity index is 1350. The number of nitrogens with zero attached hydrogens (tertiary/aromatic N) is 2. The summed E-state index contributed by atoms with van der Waals surface area (Å²) in [5, 5.41) is 6.10. The number of benzene rings is 1.